The summed E-state index contributed by atoms with van der Waals surface area (Å²) in [6, 6.07) is 2.08. The maximum absolute atomic E-state index is 5.42. The molecule has 0 unspecified atom stereocenters. The first-order valence-electron chi connectivity index (χ1n) is 7.05. The van der Waals surface area contributed by atoms with Crippen LogP contribution in [-0.4, -0.2) is 36.3 Å². The fourth-order valence-electron chi connectivity index (χ4n) is 2.89. The van der Waals surface area contributed by atoms with Crippen molar-refractivity contribution in [3.05, 3.63) is 23.8 Å². The molecule has 3 rings (SSSR count). The molecule has 2 aliphatic heterocycles. The third kappa shape index (κ3) is 4.29. The van der Waals surface area contributed by atoms with Crippen LogP contribution in [0.3, 0.4) is 0 Å². The molecular formula is C14H23Cl2N3O. The van der Waals surface area contributed by atoms with Gasteiger partial charge >= 0.3 is 0 Å². The summed E-state index contributed by atoms with van der Waals surface area (Å²) in [5.41, 5.74) is 1.22. The zero-order valence-electron chi connectivity index (χ0n) is 11.6. The molecule has 0 bridgehead atoms. The van der Waals surface area contributed by atoms with E-state index >= 15 is 0 Å². The molecule has 20 heavy (non-hydrogen) atoms. The minimum atomic E-state index is 0. The second-order valence-corrected chi connectivity index (χ2v) is 5.25. The van der Waals surface area contributed by atoms with E-state index in [0.717, 1.165) is 57.8 Å². The normalized spacial score (nSPS) is 20.8. The van der Waals surface area contributed by atoms with Crippen LogP contribution in [0.15, 0.2) is 12.3 Å². The van der Waals surface area contributed by atoms with Crippen molar-refractivity contribution >= 4 is 24.8 Å². The number of hydrogen-bond donors (Lipinski definition) is 1. The molecule has 114 valence electrons. The summed E-state index contributed by atoms with van der Waals surface area (Å²) in [5.74, 6) is 2.17. The number of nitrogens with one attached hydrogen (secondary N) is 1. The number of halogens is 2. The lowest BCUT2D eigenvalue weighted by Crippen LogP contribution is -2.27. The lowest BCUT2D eigenvalue weighted by Gasteiger charge is -2.24. The molecule has 0 radical (unpaired) electrons. The first-order chi connectivity index (χ1) is 8.93. The van der Waals surface area contributed by atoms with Gasteiger partial charge in [0.2, 0.25) is 0 Å². The fourth-order valence-corrected chi connectivity index (χ4v) is 2.89. The third-order valence-corrected chi connectivity index (χ3v) is 4.04. The molecule has 1 N–H and O–H groups in total. The van der Waals surface area contributed by atoms with Gasteiger partial charge in [-0.05, 0) is 44.8 Å². The van der Waals surface area contributed by atoms with E-state index in [-0.39, 0.29) is 24.8 Å². The largest absolute Gasteiger partial charge is 0.381 e. The lowest BCUT2D eigenvalue weighted by atomic mass is 9.94. The highest BCUT2D eigenvalue weighted by Crippen LogP contribution is 2.27. The Labute approximate surface area is 132 Å². The summed E-state index contributed by atoms with van der Waals surface area (Å²) in [5, 5.41) is 3.39. The van der Waals surface area contributed by atoms with E-state index in [9.17, 15) is 0 Å². The Morgan fingerprint density at radius 2 is 1.70 bits per heavy atom. The minimum Gasteiger partial charge on any atom is -0.381 e. The molecule has 0 aliphatic carbocycles. The van der Waals surface area contributed by atoms with Crippen LogP contribution < -0.4 is 5.32 Å². The molecule has 3 heterocycles. The van der Waals surface area contributed by atoms with Crippen LogP contribution in [0.4, 0.5) is 0 Å². The molecule has 2 saturated heterocycles. The smallest absolute Gasteiger partial charge is 0.131 e. The number of nitrogens with zero attached hydrogens (tertiary/aromatic N) is 2. The molecule has 0 atom stereocenters. The van der Waals surface area contributed by atoms with Crippen molar-refractivity contribution in [2.45, 2.75) is 37.5 Å². The topological polar surface area (TPSA) is 47.0 Å². The predicted molar refractivity (Wildman–Crippen MR) is 84.2 cm³/mol. The molecule has 2 aliphatic rings. The predicted octanol–water partition coefficient (Wildman–Crippen LogP) is 2.68. The van der Waals surface area contributed by atoms with Gasteiger partial charge in [0.05, 0.1) is 0 Å². The highest BCUT2D eigenvalue weighted by molar-refractivity contribution is 5.85. The molecule has 1 aromatic rings. The van der Waals surface area contributed by atoms with Gasteiger partial charge in [-0.1, -0.05) is 0 Å². The van der Waals surface area contributed by atoms with Gasteiger partial charge in [-0.15, -0.1) is 24.8 Å². The van der Waals surface area contributed by atoms with E-state index < -0.39 is 0 Å². The van der Waals surface area contributed by atoms with Crippen molar-refractivity contribution in [1.82, 2.24) is 15.3 Å². The van der Waals surface area contributed by atoms with Crippen LogP contribution in [0, 0.1) is 0 Å². The highest BCUT2D eigenvalue weighted by atomic mass is 35.5. The highest BCUT2D eigenvalue weighted by Gasteiger charge is 2.21. The Morgan fingerprint density at radius 1 is 1.00 bits per heavy atom. The first kappa shape index (κ1) is 17.6. The Morgan fingerprint density at radius 3 is 2.40 bits per heavy atom. The van der Waals surface area contributed by atoms with E-state index in [0.29, 0.717) is 11.8 Å². The van der Waals surface area contributed by atoms with Crippen LogP contribution in [0.5, 0.6) is 0 Å². The summed E-state index contributed by atoms with van der Waals surface area (Å²) in [6.45, 7) is 3.93. The summed E-state index contributed by atoms with van der Waals surface area (Å²) < 4.78 is 5.42. The van der Waals surface area contributed by atoms with Gasteiger partial charge in [0.25, 0.3) is 0 Å². The summed E-state index contributed by atoms with van der Waals surface area (Å²) >= 11 is 0. The number of aromatic nitrogens is 2. The second-order valence-electron chi connectivity index (χ2n) is 5.25. The van der Waals surface area contributed by atoms with Crippen LogP contribution in [0.25, 0.3) is 0 Å². The molecule has 0 spiro atoms. The molecule has 1 aromatic heterocycles. The Hall–Kier alpha value is -0.420. The van der Waals surface area contributed by atoms with Crippen molar-refractivity contribution in [3.8, 4) is 0 Å². The van der Waals surface area contributed by atoms with E-state index in [1.165, 1.54) is 5.69 Å². The number of ether oxygens (including phenoxy) is 1. The maximum atomic E-state index is 5.42. The van der Waals surface area contributed by atoms with Crippen molar-refractivity contribution in [2.24, 2.45) is 0 Å². The molecule has 2 fully saturated rings. The van der Waals surface area contributed by atoms with Gasteiger partial charge in [0.1, 0.15) is 5.82 Å². The Kier molecular flexibility index (Phi) is 7.74. The van der Waals surface area contributed by atoms with E-state index in [1.807, 2.05) is 6.20 Å². The van der Waals surface area contributed by atoms with E-state index in [2.05, 4.69) is 16.4 Å². The number of rotatable bonds is 2. The summed E-state index contributed by atoms with van der Waals surface area (Å²) in [7, 11) is 0. The van der Waals surface area contributed by atoms with Gasteiger partial charge < -0.3 is 10.1 Å². The Bertz CT molecular complexity index is 361. The standard InChI is InChI=1S/C14H21N3O.2ClH/c1-6-15-7-2-12(1)14-16-8-3-13(17-14)11-4-9-18-10-5-11;;/h3,8,11-12,15H,1-2,4-7,9-10H2;2*1H. The molecule has 4 nitrogen and oxygen atoms in total. The number of hydrogen-bond acceptors (Lipinski definition) is 4. The van der Waals surface area contributed by atoms with Gasteiger partial charge in [0.15, 0.2) is 0 Å². The zero-order chi connectivity index (χ0) is 12.2. The summed E-state index contributed by atoms with van der Waals surface area (Å²) in [4.78, 5) is 9.31. The zero-order valence-corrected chi connectivity index (χ0v) is 13.2. The first-order valence-corrected chi connectivity index (χ1v) is 7.05. The monoisotopic (exact) mass is 319 g/mol. The van der Waals surface area contributed by atoms with Crippen molar-refractivity contribution < 1.29 is 4.74 Å². The van der Waals surface area contributed by atoms with Crippen molar-refractivity contribution in [1.29, 1.82) is 0 Å². The van der Waals surface area contributed by atoms with Gasteiger partial charge in [-0.2, -0.15) is 0 Å². The van der Waals surface area contributed by atoms with Crippen LogP contribution in [0.2, 0.25) is 0 Å². The van der Waals surface area contributed by atoms with E-state index in [1.54, 1.807) is 0 Å². The average molecular weight is 320 g/mol. The maximum Gasteiger partial charge on any atom is 0.131 e. The fraction of sp³-hybridized carbons (Fsp3) is 0.714. The van der Waals surface area contributed by atoms with Gasteiger partial charge in [-0.25, -0.2) is 9.97 Å². The molecule has 0 amide bonds. The van der Waals surface area contributed by atoms with Crippen molar-refractivity contribution in [2.75, 3.05) is 26.3 Å². The molecule has 0 saturated carbocycles. The van der Waals surface area contributed by atoms with E-state index in [4.69, 9.17) is 9.72 Å². The van der Waals surface area contributed by atoms with Crippen LogP contribution in [-0.2, 0) is 4.74 Å². The molecule has 0 aromatic carbocycles. The van der Waals surface area contributed by atoms with Crippen molar-refractivity contribution in [3.63, 3.8) is 0 Å². The SMILES string of the molecule is Cl.Cl.c1cc(C2CCOCC2)nc(C2CCNCC2)n1. The quantitative estimate of drug-likeness (QED) is 0.910. The Balaban J connectivity index is 0.000001000. The van der Waals surface area contributed by atoms with Gasteiger partial charge in [0, 0.05) is 36.9 Å². The minimum absolute atomic E-state index is 0. The molecule has 6 heteroatoms. The summed E-state index contributed by atoms with van der Waals surface area (Å²) in [6.07, 6.45) is 6.47. The third-order valence-electron chi connectivity index (χ3n) is 4.04. The second kappa shape index (κ2) is 8.78. The van der Waals surface area contributed by atoms with Crippen LogP contribution in [0.1, 0.15) is 49.0 Å². The van der Waals surface area contributed by atoms with Gasteiger partial charge in [-0.3, -0.25) is 0 Å². The average Bonchev–Trinajstić information content (AvgIpc) is 2.49. The van der Waals surface area contributed by atoms with Crippen LogP contribution >= 0.6 is 24.8 Å². The number of piperidine rings is 1. The lowest BCUT2D eigenvalue weighted by molar-refractivity contribution is 0.0844. The molecular weight excluding hydrogens is 297 g/mol.